The predicted molar refractivity (Wildman–Crippen MR) is 57.3 cm³/mol. The Morgan fingerprint density at radius 3 is 2.53 bits per heavy atom. The van der Waals surface area contributed by atoms with Crippen LogP contribution >= 0.6 is 11.3 Å². The van der Waals surface area contributed by atoms with Crippen LogP contribution in [0.15, 0.2) is 18.5 Å². The van der Waals surface area contributed by atoms with Crippen LogP contribution in [0.3, 0.4) is 0 Å². The number of hydrogen-bond donors (Lipinski definition) is 1. The standard InChI is InChI=1S/C10H4F4N2O2S/c11-5-3-15-2-1-4(5)8-16-7(10(12,13)14)6(19-8)9(17)18/h1-3H,(H,17,18). The zero-order chi connectivity index (χ0) is 14.2. The second-order valence-electron chi connectivity index (χ2n) is 3.36. The number of rotatable bonds is 2. The molecule has 0 aromatic carbocycles. The first kappa shape index (κ1) is 13.4. The topological polar surface area (TPSA) is 63.1 Å². The van der Waals surface area contributed by atoms with Gasteiger partial charge in [0.1, 0.15) is 9.88 Å². The second kappa shape index (κ2) is 4.57. The number of carbonyl (C=O) groups is 1. The predicted octanol–water partition coefficient (Wildman–Crippen LogP) is 3.06. The molecule has 2 heterocycles. The Morgan fingerprint density at radius 1 is 1.37 bits per heavy atom. The van der Waals surface area contributed by atoms with Crippen molar-refractivity contribution >= 4 is 17.3 Å². The summed E-state index contributed by atoms with van der Waals surface area (Å²) >= 11 is 0.263. The van der Waals surface area contributed by atoms with E-state index in [2.05, 4.69) is 9.97 Å². The molecule has 0 amide bonds. The fourth-order valence-corrected chi connectivity index (χ4v) is 2.27. The van der Waals surface area contributed by atoms with Crippen LogP contribution in [0.25, 0.3) is 10.6 Å². The van der Waals surface area contributed by atoms with E-state index < -0.39 is 28.5 Å². The SMILES string of the molecule is O=C(O)c1sc(-c2ccncc2F)nc1C(F)(F)F. The molecule has 0 spiro atoms. The van der Waals surface area contributed by atoms with E-state index in [1.54, 1.807) is 0 Å². The third-order valence-corrected chi connectivity index (χ3v) is 3.17. The zero-order valence-corrected chi connectivity index (χ0v) is 9.72. The van der Waals surface area contributed by atoms with Crippen molar-refractivity contribution in [3.05, 3.63) is 34.8 Å². The van der Waals surface area contributed by atoms with Gasteiger partial charge in [0.15, 0.2) is 11.5 Å². The Balaban J connectivity index is 2.62. The maximum atomic E-state index is 13.4. The Labute approximate surface area is 107 Å². The third kappa shape index (κ3) is 2.55. The summed E-state index contributed by atoms with van der Waals surface area (Å²) in [7, 11) is 0. The van der Waals surface area contributed by atoms with Crippen molar-refractivity contribution in [3.63, 3.8) is 0 Å². The molecule has 2 aromatic heterocycles. The summed E-state index contributed by atoms with van der Waals surface area (Å²) in [5, 5.41) is 8.37. The molecule has 0 aliphatic heterocycles. The Bertz CT molecular complexity index is 639. The summed E-state index contributed by atoms with van der Waals surface area (Å²) in [5.41, 5.74) is -1.76. The van der Waals surface area contributed by atoms with Gasteiger partial charge in [0.05, 0.1) is 6.20 Å². The number of hydrogen-bond acceptors (Lipinski definition) is 4. The van der Waals surface area contributed by atoms with Gasteiger partial charge in [0, 0.05) is 11.8 Å². The summed E-state index contributed by atoms with van der Waals surface area (Å²) in [6.45, 7) is 0. The summed E-state index contributed by atoms with van der Waals surface area (Å²) in [6.07, 6.45) is -2.93. The molecule has 0 aliphatic carbocycles. The maximum Gasteiger partial charge on any atom is 0.435 e. The molecule has 0 fully saturated rings. The van der Waals surface area contributed by atoms with Crippen molar-refractivity contribution in [1.82, 2.24) is 9.97 Å². The van der Waals surface area contributed by atoms with E-state index in [4.69, 9.17) is 5.11 Å². The molecule has 2 aromatic rings. The summed E-state index contributed by atoms with van der Waals surface area (Å²) in [4.78, 5) is 16.4. The minimum absolute atomic E-state index is 0.224. The average Bonchev–Trinajstić information content (AvgIpc) is 2.74. The van der Waals surface area contributed by atoms with Gasteiger partial charge in [-0.2, -0.15) is 13.2 Å². The minimum Gasteiger partial charge on any atom is -0.477 e. The maximum absolute atomic E-state index is 13.4. The lowest BCUT2D eigenvalue weighted by Gasteiger charge is -2.02. The fourth-order valence-electron chi connectivity index (χ4n) is 1.32. The number of halogens is 4. The number of aromatic carboxylic acids is 1. The van der Waals surface area contributed by atoms with Crippen LogP contribution in [0.4, 0.5) is 17.6 Å². The molecule has 1 N–H and O–H groups in total. The van der Waals surface area contributed by atoms with Gasteiger partial charge in [-0.3, -0.25) is 4.98 Å². The van der Waals surface area contributed by atoms with Gasteiger partial charge in [-0.05, 0) is 6.07 Å². The van der Waals surface area contributed by atoms with Crippen LogP contribution in [-0.4, -0.2) is 21.0 Å². The molecule has 0 atom stereocenters. The quantitative estimate of drug-likeness (QED) is 0.864. The van der Waals surface area contributed by atoms with E-state index in [9.17, 15) is 22.4 Å². The second-order valence-corrected chi connectivity index (χ2v) is 4.35. The number of aromatic nitrogens is 2. The van der Waals surface area contributed by atoms with Gasteiger partial charge in [-0.1, -0.05) is 0 Å². The van der Waals surface area contributed by atoms with Gasteiger partial charge in [-0.25, -0.2) is 14.2 Å². The summed E-state index contributed by atoms with van der Waals surface area (Å²) in [5.74, 6) is -2.63. The molecule has 0 unspecified atom stereocenters. The molecule has 100 valence electrons. The van der Waals surface area contributed by atoms with Crippen LogP contribution in [-0.2, 0) is 6.18 Å². The summed E-state index contributed by atoms with van der Waals surface area (Å²) in [6, 6.07) is 1.12. The molecule has 2 rings (SSSR count). The van der Waals surface area contributed by atoms with Crippen LogP contribution in [0.5, 0.6) is 0 Å². The molecule has 0 saturated carbocycles. The number of thiazole rings is 1. The lowest BCUT2D eigenvalue weighted by Crippen LogP contribution is -2.11. The van der Waals surface area contributed by atoms with Gasteiger partial charge in [0.25, 0.3) is 0 Å². The van der Waals surface area contributed by atoms with Crippen LogP contribution in [0.1, 0.15) is 15.4 Å². The molecule has 4 nitrogen and oxygen atoms in total. The smallest absolute Gasteiger partial charge is 0.435 e. The highest BCUT2D eigenvalue weighted by molar-refractivity contribution is 7.17. The molecule has 0 radical (unpaired) electrons. The highest BCUT2D eigenvalue weighted by Crippen LogP contribution is 2.38. The van der Waals surface area contributed by atoms with Gasteiger partial charge in [-0.15, -0.1) is 11.3 Å². The van der Waals surface area contributed by atoms with Gasteiger partial charge < -0.3 is 5.11 Å². The third-order valence-electron chi connectivity index (χ3n) is 2.09. The highest BCUT2D eigenvalue weighted by atomic mass is 32.1. The zero-order valence-electron chi connectivity index (χ0n) is 8.90. The monoisotopic (exact) mass is 292 g/mol. The lowest BCUT2D eigenvalue weighted by molar-refractivity contribution is -0.141. The molecule has 9 heteroatoms. The molecular formula is C10H4F4N2O2S. The van der Waals surface area contributed by atoms with Crippen molar-refractivity contribution in [1.29, 1.82) is 0 Å². The van der Waals surface area contributed by atoms with Crippen molar-refractivity contribution < 1.29 is 27.5 Å². The van der Waals surface area contributed by atoms with E-state index in [1.807, 2.05) is 0 Å². The normalized spacial score (nSPS) is 11.6. The van der Waals surface area contributed by atoms with E-state index in [1.165, 1.54) is 6.20 Å². The lowest BCUT2D eigenvalue weighted by atomic mass is 10.2. The van der Waals surface area contributed by atoms with Crippen molar-refractivity contribution in [3.8, 4) is 10.6 Å². The average molecular weight is 292 g/mol. The first-order valence-electron chi connectivity index (χ1n) is 4.72. The molecule has 19 heavy (non-hydrogen) atoms. The Hall–Kier alpha value is -2.03. The number of carboxylic acid groups (broad SMARTS) is 1. The van der Waals surface area contributed by atoms with E-state index in [0.29, 0.717) is 0 Å². The van der Waals surface area contributed by atoms with Crippen molar-refractivity contribution in [2.75, 3.05) is 0 Å². The van der Waals surface area contributed by atoms with Crippen LogP contribution in [0.2, 0.25) is 0 Å². The van der Waals surface area contributed by atoms with Gasteiger partial charge >= 0.3 is 12.1 Å². The number of pyridine rings is 1. The first-order chi connectivity index (χ1) is 8.80. The first-order valence-corrected chi connectivity index (χ1v) is 5.53. The van der Waals surface area contributed by atoms with Crippen LogP contribution in [0, 0.1) is 5.82 Å². The molecule has 0 saturated heterocycles. The molecular weight excluding hydrogens is 288 g/mol. The Morgan fingerprint density at radius 2 is 2.05 bits per heavy atom. The van der Waals surface area contributed by atoms with Crippen molar-refractivity contribution in [2.45, 2.75) is 6.18 Å². The molecule has 0 bridgehead atoms. The number of alkyl halides is 3. The van der Waals surface area contributed by atoms with E-state index >= 15 is 0 Å². The minimum atomic E-state index is -4.91. The van der Waals surface area contributed by atoms with E-state index in [-0.39, 0.29) is 21.9 Å². The highest BCUT2D eigenvalue weighted by Gasteiger charge is 2.40. The summed E-state index contributed by atoms with van der Waals surface area (Å²) < 4.78 is 51.2. The van der Waals surface area contributed by atoms with E-state index in [0.717, 1.165) is 12.3 Å². The van der Waals surface area contributed by atoms with Gasteiger partial charge in [0.2, 0.25) is 0 Å². The molecule has 0 aliphatic rings. The van der Waals surface area contributed by atoms with Crippen LogP contribution < -0.4 is 0 Å². The van der Waals surface area contributed by atoms with Crippen molar-refractivity contribution in [2.24, 2.45) is 0 Å². The Kier molecular flexibility index (Phi) is 3.23. The largest absolute Gasteiger partial charge is 0.477 e. The fraction of sp³-hybridized carbons (Fsp3) is 0.100. The number of carboxylic acids is 1. The number of nitrogens with zero attached hydrogens (tertiary/aromatic N) is 2.